The Morgan fingerprint density at radius 3 is 2.52 bits per heavy atom. The van der Waals surface area contributed by atoms with E-state index in [1.807, 2.05) is 6.20 Å². The summed E-state index contributed by atoms with van der Waals surface area (Å²) in [6.07, 6.45) is 11.1. The molecule has 13 nitrogen and oxygen atoms in total. The number of nitrogens with zero attached hydrogens (tertiary/aromatic N) is 7. The highest BCUT2D eigenvalue weighted by atomic mass is 32.1. The molecule has 4 aromatic heterocycles. The van der Waals surface area contributed by atoms with Crippen LogP contribution in [0.15, 0.2) is 36.1 Å². The molecule has 2 N–H and O–H groups in total. The molecule has 0 radical (unpaired) electrons. The van der Waals surface area contributed by atoms with Crippen LogP contribution in [0, 0.1) is 11.8 Å². The Labute approximate surface area is 269 Å². The number of aromatic nitrogens is 6. The van der Waals surface area contributed by atoms with E-state index >= 15 is 0 Å². The number of rotatable bonds is 9. The molecule has 1 amide bonds. The van der Waals surface area contributed by atoms with Gasteiger partial charge in [0.2, 0.25) is 5.95 Å². The molecular weight excluding hydrogens is 622 g/mol. The minimum atomic E-state index is -0.823. The summed E-state index contributed by atoms with van der Waals surface area (Å²) in [5.74, 6) is -2.34. The van der Waals surface area contributed by atoms with Crippen molar-refractivity contribution in [1.82, 2.24) is 34.4 Å². The molecule has 0 atom stereocenters. The molecule has 0 unspecified atom stereocenters. The summed E-state index contributed by atoms with van der Waals surface area (Å²) in [4.78, 5) is 43.0. The van der Waals surface area contributed by atoms with Crippen molar-refractivity contribution in [1.29, 1.82) is 0 Å². The molecule has 1 fully saturated rings. The van der Waals surface area contributed by atoms with Crippen LogP contribution in [0.3, 0.4) is 0 Å². The maximum Gasteiger partial charge on any atom is 0.319 e. The van der Waals surface area contributed by atoms with Crippen LogP contribution < -0.4 is 5.32 Å². The van der Waals surface area contributed by atoms with Crippen molar-refractivity contribution < 1.29 is 33.0 Å². The van der Waals surface area contributed by atoms with E-state index < -0.39 is 17.7 Å². The molecule has 4 aromatic rings. The van der Waals surface area contributed by atoms with Crippen LogP contribution in [0.1, 0.15) is 55.6 Å². The van der Waals surface area contributed by atoms with Crippen LogP contribution in [0.25, 0.3) is 22.0 Å². The van der Waals surface area contributed by atoms with E-state index in [1.165, 1.54) is 18.4 Å². The molecule has 46 heavy (non-hydrogen) atoms. The van der Waals surface area contributed by atoms with Gasteiger partial charge in [-0.2, -0.15) is 14.6 Å². The molecule has 16 heteroatoms. The zero-order chi connectivity index (χ0) is 33.6. The van der Waals surface area contributed by atoms with Crippen LogP contribution in [0.4, 0.5) is 14.5 Å². The van der Waals surface area contributed by atoms with Crippen molar-refractivity contribution in [3.05, 3.63) is 53.6 Å². The predicted octanol–water partition coefficient (Wildman–Crippen LogP) is 4.13. The number of ether oxygens (including phenoxy) is 1. The first-order valence-electron chi connectivity index (χ1n) is 14.6. The van der Waals surface area contributed by atoms with Gasteiger partial charge in [-0.15, -0.1) is 11.3 Å². The number of carbonyl (C=O) groups is 3. The summed E-state index contributed by atoms with van der Waals surface area (Å²) in [5.41, 5.74) is 1.13. The van der Waals surface area contributed by atoms with Gasteiger partial charge in [0.15, 0.2) is 5.82 Å². The van der Waals surface area contributed by atoms with Crippen LogP contribution in [0.5, 0.6) is 0 Å². The number of aldehydes is 1. The van der Waals surface area contributed by atoms with Gasteiger partial charge in [-0.25, -0.2) is 14.4 Å². The highest BCUT2D eigenvalue weighted by Gasteiger charge is 2.24. The number of aryl methyl sites for hydroxylation is 1. The molecule has 5 rings (SSSR count). The summed E-state index contributed by atoms with van der Waals surface area (Å²) < 4.78 is 36.1. The number of methoxy groups -OCH3 is 1. The lowest BCUT2D eigenvalue weighted by atomic mass is 9.96. The molecule has 1 aliphatic carbocycles. The van der Waals surface area contributed by atoms with Gasteiger partial charge >= 0.3 is 5.97 Å². The summed E-state index contributed by atoms with van der Waals surface area (Å²) in [7, 11) is 4.79. The molecule has 1 saturated carbocycles. The van der Waals surface area contributed by atoms with Crippen molar-refractivity contribution >= 4 is 35.2 Å². The van der Waals surface area contributed by atoms with Crippen LogP contribution in [-0.4, -0.2) is 91.6 Å². The number of anilines is 1. The summed E-state index contributed by atoms with van der Waals surface area (Å²) in [6, 6.07) is 2.09. The maximum atomic E-state index is 14.5. The maximum absolute atomic E-state index is 14.5. The lowest BCUT2D eigenvalue weighted by molar-refractivity contribution is -0.141. The number of likely N-dealkylation sites (N-methyl/N-ethyl adjacent to an activating group) is 1. The SMILES string of the molecule is CCO.COC(=O)CN(C)CC=O.Cn1cc(-c2nc(C(=O)Nc3cn(C4CCCCC4)nc3-c3nc(F)ccc3F)cs2)cn1. The Hall–Kier alpha value is -4.41. The molecule has 248 valence electrons. The van der Waals surface area contributed by atoms with E-state index in [-0.39, 0.29) is 54.5 Å². The number of pyridine rings is 1. The number of nitrogens with one attached hydrogen (secondary N) is 1. The fraction of sp³-hybridized carbons (Fsp3) is 0.433. The van der Waals surface area contributed by atoms with Gasteiger partial charge in [0.05, 0.1) is 38.1 Å². The number of halogens is 2. The van der Waals surface area contributed by atoms with Gasteiger partial charge < -0.3 is 20.0 Å². The summed E-state index contributed by atoms with van der Waals surface area (Å²) >= 11 is 1.32. The molecule has 0 spiro atoms. The first-order chi connectivity index (χ1) is 22.1. The fourth-order valence-corrected chi connectivity index (χ4v) is 5.26. The molecule has 0 saturated heterocycles. The number of amides is 1. The second-order valence-corrected chi connectivity index (χ2v) is 11.1. The molecule has 4 heterocycles. The summed E-state index contributed by atoms with van der Waals surface area (Å²) in [6.45, 7) is 2.35. The van der Waals surface area contributed by atoms with Crippen LogP contribution in [-0.2, 0) is 21.4 Å². The normalized spacial score (nSPS) is 12.9. The average molecular weight is 661 g/mol. The number of aliphatic hydroxyl groups excluding tert-OH is 1. The smallest absolute Gasteiger partial charge is 0.319 e. The van der Waals surface area contributed by atoms with Crippen molar-refractivity contribution in [2.45, 2.75) is 45.1 Å². The average Bonchev–Trinajstić information content (AvgIpc) is 3.80. The second-order valence-electron chi connectivity index (χ2n) is 10.3. The third-order valence-corrected chi connectivity index (χ3v) is 7.56. The van der Waals surface area contributed by atoms with E-state index in [2.05, 4.69) is 30.2 Å². The minimum Gasteiger partial charge on any atom is -0.468 e. The molecule has 0 bridgehead atoms. The zero-order valence-electron chi connectivity index (χ0n) is 26.2. The van der Waals surface area contributed by atoms with Crippen molar-refractivity contribution in [3.8, 4) is 22.0 Å². The van der Waals surface area contributed by atoms with Crippen molar-refractivity contribution in [2.24, 2.45) is 7.05 Å². The Kier molecular flexibility index (Phi) is 14.0. The molecule has 0 aromatic carbocycles. The summed E-state index contributed by atoms with van der Waals surface area (Å²) in [5, 5.41) is 21.3. The number of hydrogen-bond donors (Lipinski definition) is 2. The predicted molar refractivity (Wildman–Crippen MR) is 168 cm³/mol. The van der Waals surface area contributed by atoms with Gasteiger partial charge in [0, 0.05) is 37.0 Å². The lowest BCUT2D eigenvalue weighted by Gasteiger charge is -2.21. The number of esters is 1. The topological polar surface area (TPSA) is 157 Å². The Bertz CT molecular complexity index is 1580. The monoisotopic (exact) mass is 660 g/mol. The third kappa shape index (κ3) is 10.3. The first kappa shape index (κ1) is 36.1. The van der Waals surface area contributed by atoms with E-state index in [4.69, 9.17) is 5.11 Å². The Balaban J connectivity index is 0.000000377. The molecule has 0 aliphatic heterocycles. The minimum absolute atomic E-state index is 0.0913. The Morgan fingerprint density at radius 1 is 1.17 bits per heavy atom. The lowest BCUT2D eigenvalue weighted by Crippen LogP contribution is -2.28. The quantitative estimate of drug-likeness (QED) is 0.152. The second kappa shape index (κ2) is 17.9. The van der Waals surface area contributed by atoms with Crippen LogP contribution in [0.2, 0.25) is 0 Å². The van der Waals surface area contributed by atoms with Gasteiger partial charge in [0.1, 0.15) is 28.4 Å². The highest BCUT2D eigenvalue weighted by Crippen LogP contribution is 2.34. The number of aliphatic hydroxyl groups is 1. The van der Waals surface area contributed by atoms with Crippen molar-refractivity contribution in [2.75, 3.05) is 39.2 Å². The number of hydrogen-bond acceptors (Lipinski definition) is 11. The molecular formula is C30H38F2N8O5S. The first-order valence-corrected chi connectivity index (χ1v) is 15.4. The van der Waals surface area contributed by atoms with E-state index in [0.717, 1.165) is 56.1 Å². The largest absolute Gasteiger partial charge is 0.468 e. The van der Waals surface area contributed by atoms with Crippen molar-refractivity contribution in [3.63, 3.8) is 0 Å². The standard InChI is InChI=1S/C22H21F2N7OS.C6H11NO3.C2H6O/c1-30-10-13(9-25-30)22-27-17(12-33-22)21(32)26-16-11-31(14-5-3-2-4-6-14)29-20(16)19-15(23)7-8-18(24)28-19;1-7(3-4-8)5-6(9)10-2;1-2-3/h7-12,14H,2-6H2,1H3,(H,26,32);4H,3,5H2,1-2H3;3H,2H2,1H3. The molecule has 1 aliphatic rings. The van der Waals surface area contributed by atoms with Crippen LogP contribution >= 0.6 is 11.3 Å². The van der Waals surface area contributed by atoms with Gasteiger partial charge in [-0.05, 0) is 38.9 Å². The highest BCUT2D eigenvalue weighted by molar-refractivity contribution is 7.13. The van der Waals surface area contributed by atoms with E-state index in [0.29, 0.717) is 5.01 Å². The van der Waals surface area contributed by atoms with E-state index in [1.54, 1.807) is 53.1 Å². The number of thiazole rings is 1. The van der Waals surface area contributed by atoms with E-state index in [9.17, 15) is 23.2 Å². The number of carbonyl (C=O) groups excluding carboxylic acids is 3. The van der Waals surface area contributed by atoms with Gasteiger partial charge in [-0.1, -0.05) is 19.3 Å². The Morgan fingerprint density at radius 2 is 1.89 bits per heavy atom. The third-order valence-electron chi connectivity index (χ3n) is 6.67. The van der Waals surface area contributed by atoms with Gasteiger partial charge in [0.25, 0.3) is 5.91 Å². The van der Waals surface area contributed by atoms with Gasteiger partial charge in [-0.3, -0.25) is 23.9 Å². The fourth-order valence-electron chi connectivity index (χ4n) is 4.48. The zero-order valence-corrected chi connectivity index (χ0v) is 27.0.